The van der Waals surface area contributed by atoms with Gasteiger partial charge in [0.05, 0.1) is 4.91 Å². The SMILES string of the molecule is O=C(COc1ccc(Cl)cc1/C=C1\SC(=S)NC1=O)Nc1cccc2ccccc12. The molecule has 1 fully saturated rings. The molecule has 1 saturated heterocycles. The predicted octanol–water partition coefficient (Wildman–Crippen LogP) is 5.00. The summed E-state index contributed by atoms with van der Waals surface area (Å²) >= 11 is 12.3. The zero-order chi connectivity index (χ0) is 21.1. The van der Waals surface area contributed by atoms with Gasteiger partial charge in [-0.1, -0.05) is 72.0 Å². The number of hydrogen-bond acceptors (Lipinski definition) is 5. The lowest BCUT2D eigenvalue weighted by Gasteiger charge is -2.12. The fraction of sp³-hybridized carbons (Fsp3) is 0.0455. The monoisotopic (exact) mass is 454 g/mol. The largest absolute Gasteiger partial charge is 0.483 e. The first-order chi connectivity index (χ1) is 14.5. The lowest BCUT2D eigenvalue weighted by atomic mass is 10.1. The van der Waals surface area contributed by atoms with Crippen LogP contribution in [-0.4, -0.2) is 22.7 Å². The molecule has 0 atom stereocenters. The van der Waals surface area contributed by atoms with Gasteiger partial charge in [0, 0.05) is 21.7 Å². The van der Waals surface area contributed by atoms with Gasteiger partial charge >= 0.3 is 0 Å². The van der Waals surface area contributed by atoms with Crippen LogP contribution in [0.3, 0.4) is 0 Å². The summed E-state index contributed by atoms with van der Waals surface area (Å²) in [5.74, 6) is -0.134. The van der Waals surface area contributed by atoms with Crippen LogP contribution in [0.25, 0.3) is 16.8 Å². The van der Waals surface area contributed by atoms with Crippen molar-refractivity contribution in [1.29, 1.82) is 0 Å². The van der Waals surface area contributed by atoms with Crippen LogP contribution in [0, 0.1) is 0 Å². The molecule has 2 N–H and O–H groups in total. The summed E-state index contributed by atoms with van der Waals surface area (Å²) in [6.45, 7) is -0.196. The number of hydrogen-bond donors (Lipinski definition) is 2. The number of halogens is 1. The second kappa shape index (κ2) is 8.87. The third-order valence-electron chi connectivity index (χ3n) is 4.32. The molecule has 3 aromatic rings. The first-order valence-corrected chi connectivity index (χ1v) is 10.5. The van der Waals surface area contributed by atoms with Crippen LogP contribution < -0.4 is 15.4 Å². The number of thiocarbonyl (C=S) groups is 1. The molecular formula is C22H15ClN2O3S2. The fourth-order valence-electron chi connectivity index (χ4n) is 2.99. The predicted molar refractivity (Wildman–Crippen MR) is 126 cm³/mol. The van der Waals surface area contributed by atoms with E-state index in [0.29, 0.717) is 31.2 Å². The fourth-order valence-corrected chi connectivity index (χ4v) is 4.21. The van der Waals surface area contributed by atoms with E-state index in [1.807, 2.05) is 42.5 Å². The molecule has 8 heteroatoms. The normalized spacial score (nSPS) is 14.8. The molecule has 0 saturated carbocycles. The second-order valence-electron chi connectivity index (χ2n) is 6.40. The number of rotatable bonds is 5. The van der Waals surface area contributed by atoms with Gasteiger partial charge in [-0.25, -0.2) is 0 Å². The Labute approximate surface area is 187 Å². The minimum absolute atomic E-state index is 0.196. The Morgan fingerprint density at radius 3 is 2.77 bits per heavy atom. The second-order valence-corrected chi connectivity index (χ2v) is 8.55. The van der Waals surface area contributed by atoms with E-state index in [9.17, 15) is 9.59 Å². The number of thioether (sulfide) groups is 1. The van der Waals surface area contributed by atoms with E-state index >= 15 is 0 Å². The van der Waals surface area contributed by atoms with Gasteiger partial charge < -0.3 is 15.4 Å². The molecule has 1 aliphatic heterocycles. The van der Waals surface area contributed by atoms with Crippen LogP contribution in [0.4, 0.5) is 5.69 Å². The zero-order valence-electron chi connectivity index (χ0n) is 15.5. The van der Waals surface area contributed by atoms with Crippen molar-refractivity contribution in [3.63, 3.8) is 0 Å². The van der Waals surface area contributed by atoms with E-state index in [1.54, 1.807) is 24.3 Å². The van der Waals surface area contributed by atoms with E-state index in [4.69, 9.17) is 28.6 Å². The summed E-state index contributed by atoms with van der Waals surface area (Å²) in [6.07, 6.45) is 1.64. The van der Waals surface area contributed by atoms with Crippen molar-refractivity contribution in [2.24, 2.45) is 0 Å². The Morgan fingerprint density at radius 1 is 1.17 bits per heavy atom. The van der Waals surface area contributed by atoms with Crippen molar-refractivity contribution in [3.8, 4) is 5.75 Å². The highest BCUT2D eigenvalue weighted by Gasteiger charge is 2.22. The lowest BCUT2D eigenvalue weighted by Crippen LogP contribution is -2.20. The van der Waals surface area contributed by atoms with Gasteiger partial charge in [-0.05, 0) is 35.7 Å². The number of ether oxygens (including phenoxy) is 1. The van der Waals surface area contributed by atoms with Crippen molar-refractivity contribution >= 4 is 74.3 Å². The third-order valence-corrected chi connectivity index (χ3v) is 5.72. The van der Waals surface area contributed by atoms with Crippen LogP contribution in [0.5, 0.6) is 5.75 Å². The maximum absolute atomic E-state index is 12.5. The van der Waals surface area contributed by atoms with E-state index in [2.05, 4.69) is 10.6 Å². The molecule has 1 aliphatic rings. The zero-order valence-corrected chi connectivity index (χ0v) is 17.9. The summed E-state index contributed by atoms with van der Waals surface area (Å²) in [5, 5.41) is 7.92. The van der Waals surface area contributed by atoms with Crippen molar-refractivity contribution in [1.82, 2.24) is 5.32 Å². The third kappa shape index (κ3) is 4.64. The van der Waals surface area contributed by atoms with Crippen LogP contribution in [0.1, 0.15) is 5.56 Å². The Balaban J connectivity index is 1.50. The Hall–Kier alpha value is -2.87. The highest BCUT2D eigenvalue weighted by molar-refractivity contribution is 8.26. The van der Waals surface area contributed by atoms with Crippen molar-refractivity contribution < 1.29 is 14.3 Å². The summed E-state index contributed by atoms with van der Waals surface area (Å²) in [7, 11) is 0. The minimum atomic E-state index is -0.297. The number of nitrogens with one attached hydrogen (secondary N) is 2. The van der Waals surface area contributed by atoms with Gasteiger partial charge in [-0.3, -0.25) is 9.59 Å². The maximum atomic E-state index is 12.5. The van der Waals surface area contributed by atoms with Crippen molar-refractivity contribution in [2.45, 2.75) is 0 Å². The number of fused-ring (bicyclic) bond motifs is 1. The van der Waals surface area contributed by atoms with E-state index < -0.39 is 0 Å². The lowest BCUT2D eigenvalue weighted by molar-refractivity contribution is -0.118. The van der Waals surface area contributed by atoms with Gasteiger partial charge in [-0.2, -0.15) is 0 Å². The standard InChI is InChI=1S/C22H15ClN2O3S2/c23-15-8-9-18(14(10-15)11-19-21(27)25-22(29)30-19)28-12-20(26)24-17-7-3-5-13-4-1-2-6-16(13)17/h1-11H,12H2,(H,24,26)(H,25,27,29)/b19-11-. The molecule has 1 heterocycles. The molecular weight excluding hydrogens is 440 g/mol. The van der Waals surface area contributed by atoms with Gasteiger partial charge in [0.1, 0.15) is 10.1 Å². The molecule has 3 aromatic carbocycles. The number of amides is 2. The molecule has 0 unspecified atom stereocenters. The van der Waals surface area contributed by atoms with E-state index in [-0.39, 0.29) is 18.4 Å². The van der Waals surface area contributed by atoms with E-state index in [0.717, 1.165) is 22.5 Å². The minimum Gasteiger partial charge on any atom is -0.483 e. The van der Waals surface area contributed by atoms with Crippen molar-refractivity contribution in [2.75, 3.05) is 11.9 Å². The van der Waals surface area contributed by atoms with Gasteiger partial charge in [0.25, 0.3) is 11.8 Å². The average Bonchev–Trinajstić information content (AvgIpc) is 3.04. The smallest absolute Gasteiger partial charge is 0.263 e. The Kier molecular flexibility index (Phi) is 6.03. The molecule has 0 aliphatic carbocycles. The van der Waals surface area contributed by atoms with Gasteiger partial charge in [-0.15, -0.1) is 0 Å². The highest BCUT2D eigenvalue weighted by Crippen LogP contribution is 2.31. The van der Waals surface area contributed by atoms with Gasteiger partial charge in [0.15, 0.2) is 6.61 Å². The molecule has 150 valence electrons. The summed E-state index contributed by atoms with van der Waals surface area (Å²) in [5.41, 5.74) is 1.30. The van der Waals surface area contributed by atoms with Crippen LogP contribution >= 0.6 is 35.6 Å². The van der Waals surface area contributed by atoms with Gasteiger partial charge in [0.2, 0.25) is 0 Å². The maximum Gasteiger partial charge on any atom is 0.263 e. The summed E-state index contributed by atoms with van der Waals surface area (Å²) in [6, 6.07) is 18.5. The van der Waals surface area contributed by atoms with Crippen molar-refractivity contribution in [3.05, 3.63) is 76.2 Å². The van der Waals surface area contributed by atoms with E-state index in [1.165, 1.54) is 0 Å². The average molecular weight is 455 g/mol. The molecule has 0 radical (unpaired) electrons. The van der Waals surface area contributed by atoms with Crippen LogP contribution in [0.15, 0.2) is 65.6 Å². The molecule has 4 rings (SSSR count). The molecule has 0 spiro atoms. The number of carbonyl (C=O) groups is 2. The molecule has 0 bridgehead atoms. The summed E-state index contributed by atoms with van der Waals surface area (Å²) < 4.78 is 6.12. The number of benzene rings is 3. The highest BCUT2D eigenvalue weighted by atomic mass is 35.5. The number of anilines is 1. The molecule has 30 heavy (non-hydrogen) atoms. The molecule has 5 nitrogen and oxygen atoms in total. The first-order valence-electron chi connectivity index (χ1n) is 8.94. The quantitative estimate of drug-likeness (QED) is 0.419. The topological polar surface area (TPSA) is 67.4 Å². The summed E-state index contributed by atoms with van der Waals surface area (Å²) in [4.78, 5) is 24.9. The van der Waals surface area contributed by atoms with Crippen LogP contribution in [0.2, 0.25) is 5.02 Å². The molecule has 0 aromatic heterocycles. The number of carbonyl (C=O) groups excluding carboxylic acids is 2. The molecule has 2 amide bonds. The Bertz CT molecular complexity index is 1200. The van der Waals surface area contributed by atoms with Crippen LogP contribution in [-0.2, 0) is 9.59 Å². The first kappa shape index (κ1) is 20.4. The Morgan fingerprint density at radius 2 is 1.97 bits per heavy atom.